The first-order valence-corrected chi connectivity index (χ1v) is 6.36. The van der Waals surface area contributed by atoms with E-state index in [2.05, 4.69) is 20.7 Å². The van der Waals surface area contributed by atoms with E-state index in [9.17, 15) is 9.59 Å². The van der Waals surface area contributed by atoms with Gasteiger partial charge in [-0.05, 0) is 18.2 Å². The summed E-state index contributed by atoms with van der Waals surface area (Å²) < 4.78 is 4.61. The van der Waals surface area contributed by atoms with Crippen molar-refractivity contribution in [2.75, 3.05) is 24.3 Å². The molecule has 1 unspecified atom stereocenters. The fraction of sp³-hybridized carbons (Fsp3) is 0.333. The summed E-state index contributed by atoms with van der Waals surface area (Å²) in [6.07, 6.45) is 0.457. The molecule has 0 bridgehead atoms. The quantitative estimate of drug-likeness (QED) is 0.511. The van der Waals surface area contributed by atoms with Crippen LogP contribution in [0.25, 0.3) is 0 Å². The highest BCUT2D eigenvalue weighted by Gasteiger charge is 2.30. The van der Waals surface area contributed by atoms with Gasteiger partial charge in [0.05, 0.1) is 24.0 Å². The van der Waals surface area contributed by atoms with Crippen molar-refractivity contribution in [3.05, 3.63) is 23.8 Å². The van der Waals surface area contributed by atoms with Crippen molar-refractivity contribution < 1.29 is 14.3 Å². The summed E-state index contributed by atoms with van der Waals surface area (Å²) in [5.41, 5.74) is 7.29. The van der Waals surface area contributed by atoms with Gasteiger partial charge in [-0.3, -0.25) is 4.79 Å². The first-order valence-electron chi connectivity index (χ1n) is 5.45. The first kappa shape index (κ1) is 12.9. The molecule has 1 heterocycles. The van der Waals surface area contributed by atoms with Gasteiger partial charge in [0.25, 0.3) is 0 Å². The Kier molecular flexibility index (Phi) is 3.56. The Labute approximate surface area is 113 Å². The highest BCUT2D eigenvalue weighted by Crippen LogP contribution is 2.30. The second kappa shape index (κ2) is 4.97. The maximum absolute atomic E-state index is 11.8. The summed E-state index contributed by atoms with van der Waals surface area (Å²) in [4.78, 5) is 24.9. The number of nitrogens with two attached hydrogens (primary N) is 1. The molecular weight excluding hydrogens is 300 g/mol. The zero-order valence-corrected chi connectivity index (χ0v) is 11.4. The van der Waals surface area contributed by atoms with Crippen molar-refractivity contribution in [2.45, 2.75) is 11.2 Å². The van der Waals surface area contributed by atoms with Crippen LogP contribution in [0.4, 0.5) is 11.4 Å². The molecule has 1 aromatic carbocycles. The van der Waals surface area contributed by atoms with Crippen LogP contribution in [0.1, 0.15) is 16.8 Å². The minimum absolute atomic E-state index is 0.0226. The normalized spacial score (nSPS) is 19.1. The van der Waals surface area contributed by atoms with Crippen LogP contribution < -0.4 is 10.6 Å². The topological polar surface area (TPSA) is 72.6 Å². The number of nitrogen functional groups attached to an aromatic ring is 1. The predicted octanol–water partition coefficient (Wildman–Crippen LogP) is 1.56. The zero-order chi connectivity index (χ0) is 13.3. The molecule has 0 aromatic heterocycles. The molecule has 0 radical (unpaired) electrons. The average Bonchev–Trinajstić information content (AvgIpc) is 2.67. The summed E-state index contributed by atoms with van der Waals surface area (Å²) in [6, 6.07) is 4.80. The van der Waals surface area contributed by atoms with Gasteiger partial charge >= 0.3 is 5.97 Å². The predicted molar refractivity (Wildman–Crippen MR) is 71.9 cm³/mol. The van der Waals surface area contributed by atoms with E-state index in [1.54, 1.807) is 17.0 Å². The van der Waals surface area contributed by atoms with Gasteiger partial charge in [0.2, 0.25) is 5.91 Å². The number of methoxy groups -OCH3 is 1. The Morgan fingerprint density at radius 1 is 1.56 bits per heavy atom. The van der Waals surface area contributed by atoms with Crippen LogP contribution >= 0.6 is 15.9 Å². The van der Waals surface area contributed by atoms with Crippen LogP contribution in [0.2, 0.25) is 0 Å². The molecule has 1 saturated heterocycles. The second-order valence-electron chi connectivity index (χ2n) is 4.07. The highest BCUT2D eigenvalue weighted by atomic mass is 79.9. The molecular formula is C12H13BrN2O3. The standard InChI is InChI=1S/C12H13BrN2O3/c1-18-12(17)7-2-3-10(9(14)4-7)15-6-8(13)5-11(15)16/h2-4,8H,5-6,14H2,1H3. The number of amides is 1. The molecule has 1 aliphatic heterocycles. The SMILES string of the molecule is COC(=O)c1ccc(N2CC(Br)CC2=O)c(N)c1. The smallest absolute Gasteiger partial charge is 0.337 e. The maximum Gasteiger partial charge on any atom is 0.337 e. The summed E-state index contributed by atoms with van der Waals surface area (Å²) in [5, 5.41) is 0. The fourth-order valence-electron chi connectivity index (χ4n) is 1.94. The van der Waals surface area contributed by atoms with E-state index < -0.39 is 5.97 Å². The van der Waals surface area contributed by atoms with Crippen LogP contribution in [-0.2, 0) is 9.53 Å². The molecule has 1 atom stereocenters. The fourth-order valence-corrected chi connectivity index (χ4v) is 2.51. The molecule has 96 valence electrons. The number of ether oxygens (including phenoxy) is 1. The Bertz CT molecular complexity index is 504. The van der Waals surface area contributed by atoms with Gasteiger partial charge in [0, 0.05) is 17.8 Å². The number of benzene rings is 1. The van der Waals surface area contributed by atoms with Crippen LogP contribution in [0.3, 0.4) is 0 Å². The molecule has 1 amide bonds. The third-order valence-corrected chi connectivity index (χ3v) is 3.43. The van der Waals surface area contributed by atoms with Gasteiger partial charge in [0.1, 0.15) is 0 Å². The monoisotopic (exact) mass is 312 g/mol. The number of carbonyl (C=O) groups excluding carboxylic acids is 2. The summed E-state index contributed by atoms with van der Waals surface area (Å²) in [6.45, 7) is 0.584. The number of nitrogens with zero attached hydrogens (tertiary/aromatic N) is 1. The number of hydrogen-bond donors (Lipinski definition) is 1. The van der Waals surface area contributed by atoms with Gasteiger partial charge < -0.3 is 15.4 Å². The molecule has 0 spiro atoms. The molecule has 5 nitrogen and oxygen atoms in total. The van der Waals surface area contributed by atoms with Crippen LogP contribution in [0.5, 0.6) is 0 Å². The van der Waals surface area contributed by atoms with Crippen molar-refractivity contribution in [1.29, 1.82) is 0 Å². The lowest BCUT2D eigenvalue weighted by molar-refractivity contribution is -0.117. The number of hydrogen-bond acceptors (Lipinski definition) is 4. The molecule has 0 saturated carbocycles. The Hall–Kier alpha value is -1.56. The lowest BCUT2D eigenvalue weighted by atomic mass is 10.1. The van der Waals surface area contributed by atoms with Crippen molar-refractivity contribution in [3.63, 3.8) is 0 Å². The maximum atomic E-state index is 11.8. The first-order chi connectivity index (χ1) is 8.52. The van der Waals surface area contributed by atoms with Gasteiger partial charge in [-0.15, -0.1) is 0 Å². The molecule has 0 aliphatic carbocycles. The molecule has 1 aromatic rings. The van der Waals surface area contributed by atoms with E-state index in [0.29, 0.717) is 29.9 Å². The third-order valence-electron chi connectivity index (χ3n) is 2.82. The Morgan fingerprint density at radius 2 is 2.28 bits per heavy atom. The summed E-state index contributed by atoms with van der Waals surface area (Å²) in [5.74, 6) is -0.422. The van der Waals surface area contributed by atoms with E-state index in [1.165, 1.54) is 13.2 Å². The van der Waals surface area contributed by atoms with Crippen molar-refractivity contribution in [3.8, 4) is 0 Å². The van der Waals surface area contributed by atoms with Crippen molar-refractivity contribution >= 4 is 39.2 Å². The zero-order valence-electron chi connectivity index (χ0n) is 9.85. The Morgan fingerprint density at radius 3 is 2.78 bits per heavy atom. The van der Waals surface area contributed by atoms with E-state index in [0.717, 1.165) is 0 Å². The third kappa shape index (κ3) is 2.33. The van der Waals surface area contributed by atoms with Gasteiger partial charge in [-0.1, -0.05) is 15.9 Å². The van der Waals surface area contributed by atoms with Gasteiger partial charge in [0.15, 0.2) is 0 Å². The minimum atomic E-state index is -0.445. The van der Waals surface area contributed by atoms with Crippen molar-refractivity contribution in [2.24, 2.45) is 0 Å². The average molecular weight is 313 g/mol. The number of carbonyl (C=O) groups is 2. The molecule has 6 heteroatoms. The molecule has 18 heavy (non-hydrogen) atoms. The molecule has 1 aliphatic rings. The number of esters is 1. The van der Waals surface area contributed by atoms with E-state index in [-0.39, 0.29) is 10.7 Å². The summed E-state index contributed by atoms with van der Waals surface area (Å²) >= 11 is 3.41. The van der Waals surface area contributed by atoms with E-state index >= 15 is 0 Å². The summed E-state index contributed by atoms with van der Waals surface area (Å²) in [7, 11) is 1.31. The van der Waals surface area contributed by atoms with Gasteiger partial charge in [-0.25, -0.2) is 4.79 Å². The molecule has 2 N–H and O–H groups in total. The highest BCUT2D eigenvalue weighted by molar-refractivity contribution is 9.09. The number of halogens is 1. The molecule has 1 fully saturated rings. The van der Waals surface area contributed by atoms with Crippen LogP contribution in [-0.4, -0.2) is 30.4 Å². The minimum Gasteiger partial charge on any atom is -0.465 e. The van der Waals surface area contributed by atoms with E-state index in [4.69, 9.17) is 5.73 Å². The molecule has 2 rings (SSSR count). The largest absolute Gasteiger partial charge is 0.465 e. The number of rotatable bonds is 2. The number of anilines is 2. The Balaban J connectivity index is 2.30. The lowest BCUT2D eigenvalue weighted by Crippen LogP contribution is -2.25. The lowest BCUT2D eigenvalue weighted by Gasteiger charge is -2.18. The van der Waals surface area contributed by atoms with Crippen LogP contribution in [0.15, 0.2) is 18.2 Å². The van der Waals surface area contributed by atoms with E-state index in [1.807, 2.05) is 0 Å². The second-order valence-corrected chi connectivity index (χ2v) is 5.37. The van der Waals surface area contributed by atoms with Gasteiger partial charge in [-0.2, -0.15) is 0 Å². The number of alkyl halides is 1. The van der Waals surface area contributed by atoms with Crippen molar-refractivity contribution in [1.82, 2.24) is 0 Å². The van der Waals surface area contributed by atoms with Crippen LogP contribution in [0, 0.1) is 0 Å².